The van der Waals surface area contributed by atoms with Crippen molar-refractivity contribution in [2.75, 3.05) is 16.8 Å². The summed E-state index contributed by atoms with van der Waals surface area (Å²) >= 11 is 0. The maximum atomic E-state index is 12.6. The second-order valence-corrected chi connectivity index (χ2v) is 6.56. The molecule has 1 N–H and O–H groups in total. The van der Waals surface area contributed by atoms with Gasteiger partial charge in [-0.2, -0.15) is 10.4 Å². The number of hydrogen-bond acceptors (Lipinski definition) is 5. The first kappa shape index (κ1) is 20.7. The van der Waals surface area contributed by atoms with E-state index in [0.717, 1.165) is 5.69 Å². The van der Waals surface area contributed by atoms with Crippen molar-refractivity contribution >= 4 is 23.3 Å². The predicted octanol–water partition coefficient (Wildman–Crippen LogP) is 2.99. The fourth-order valence-electron chi connectivity index (χ4n) is 2.90. The van der Waals surface area contributed by atoms with Crippen LogP contribution < -0.4 is 10.2 Å². The van der Waals surface area contributed by atoms with E-state index in [-0.39, 0.29) is 31.1 Å². The van der Waals surface area contributed by atoms with Gasteiger partial charge in [-0.25, -0.2) is 0 Å². The summed E-state index contributed by atoms with van der Waals surface area (Å²) in [6.45, 7) is 0.791. The molecular weight excluding hydrogens is 380 g/mol. The standard InChI is InChI=1S/C22H22N6O2/c23-13-6-15-28(19-8-2-1-3-9-19)22(30)11-10-21(29)25-20-12-16-27(26-20)17-18-7-4-5-14-24-18/h1-5,7-9,12,14,16H,6,10-11,15,17H2,(H,25,26,29). The zero-order valence-corrected chi connectivity index (χ0v) is 16.4. The molecule has 0 fully saturated rings. The molecule has 2 aromatic heterocycles. The van der Waals surface area contributed by atoms with Crippen molar-refractivity contribution in [3.63, 3.8) is 0 Å². The van der Waals surface area contributed by atoms with Crippen LogP contribution in [0.25, 0.3) is 0 Å². The van der Waals surface area contributed by atoms with Crippen molar-refractivity contribution in [3.8, 4) is 6.07 Å². The second kappa shape index (κ2) is 10.5. The zero-order valence-electron chi connectivity index (χ0n) is 16.4. The van der Waals surface area contributed by atoms with Crippen LogP contribution >= 0.6 is 0 Å². The van der Waals surface area contributed by atoms with Crippen LogP contribution in [0.3, 0.4) is 0 Å². The van der Waals surface area contributed by atoms with E-state index in [0.29, 0.717) is 24.6 Å². The summed E-state index contributed by atoms with van der Waals surface area (Å²) in [6, 6.07) is 18.5. The topological polar surface area (TPSA) is 104 Å². The molecule has 0 aliphatic heterocycles. The maximum absolute atomic E-state index is 12.6. The number of nitriles is 1. The second-order valence-electron chi connectivity index (χ2n) is 6.56. The van der Waals surface area contributed by atoms with Crippen molar-refractivity contribution in [1.82, 2.24) is 14.8 Å². The Morgan fingerprint density at radius 3 is 2.60 bits per heavy atom. The van der Waals surface area contributed by atoms with Gasteiger partial charge in [0.1, 0.15) is 0 Å². The van der Waals surface area contributed by atoms with Gasteiger partial charge in [0, 0.05) is 43.5 Å². The summed E-state index contributed by atoms with van der Waals surface area (Å²) in [5, 5.41) is 15.9. The third-order valence-electron chi connectivity index (χ3n) is 4.34. The van der Waals surface area contributed by atoms with E-state index in [1.807, 2.05) is 48.5 Å². The predicted molar refractivity (Wildman–Crippen MR) is 112 cm³/mol. The highest BCUT2D eigenvalue weighted by atomic mass is 16.2. The van der Waals surface area contributed by atoms with Gasteiger partial charge in [-0.05, 0) is 24.3 Å². The number of pyridine rings is 1. The highest BCUT2D eigenvalue weighted by Crippen LogP contribution is 2.16. The number of para-hydroxylation sites is 1. The molecule has 1 aromatic carbocycles. The molecule has 0 unspecified atom stereocenters. The number of rotatable bonds is 9. The fourth-order valence-corrected chi connectivity index (χ4v) is 2.90. The van der Waals surface area contributed by atoms with Crippen LogP contribution in [0.2, 0.25) is 0 Å². The van der Waals surface area contributed by atoms with Crippen LogP contribution in [-0.4, -0.2) is 33.1 Å². The number of anilines is 2. The molecule has 0 saturated heterocycles. The lowest BCUT2D eigenvalue weighted by Crippen LogP contribution is -2.32. The molecule has 3 aromatic rings. The quantitative estimate of drug-likeness (QED) is 0.592. The van der Waals surface area contributed by atoms with Gasteiger partial charge in [-0.3, -0.25) is 19.3 Å². The van der Waals surface area contributed by atoms with Crippen molar-refractivity contribution in [1.29, 1.82) is 5.26 Å². The molecule has 0 saturated carbocycles. The van der Waals surface area contributed by atoms with E-state index in [4.69, 9.17) is 5.26 Å². The van der Waals surface area contributed by atoms with E-state index in [9.17, 15) is 9.59 Å². The number of aromatic nitrogens is 3. The number of nitrogens with zero attached hydrogens (tertiary/aromatic N) is 5. The monoisotopic (exact) mass is 402 g/mol. The van der Waals surface area contributed by atoms with Gasteiger partial charge in [0.25, 0.3) is 0 Å². The van der Waals surface area contributed by atoms with Gasteiger partial charge in [0.05, 0.1) is 24.7 Å². The van der Waals surface area contributed by atoms with E-state index >= 15 is 0 Å². The number of benzene rings is 1. The first-order chi connectivity index (χ1) is 14.7. The van der Waals surface area contributed by atoms with E-state index in [1.165, 1.54) is 4.90 Å². The highest BCUT2D eigenvalue weighted by molar-refractivity contribution is 5.97. The Kier molecular flexibility index (Phi) is 7.28. The number of carbonyl (C=O) groups excluding carboxylic acids is 2. The maximum Gasteiger partial charge on any atom is 0.227 e. The Morgan fingerprint density at radius 1 is 1.07 bits per heavy atom. The first-order valence-electron chi connectivity index (χ1n) is 9.61. The highest BCUT2D eigenvalue weighted by Gasteiger charge is 2.17. The van der Waals surface area contributed by atoms with Gasteiger partial charge >= 0.3 is 0 Å². The minimum absolute atomic E-state index is 0.0296. The number of amides is 2. The smallest absolute Gasteiger partial charge is 0.227 e. The van der Waals surface area contributed by atoms with E-state index < -0.39 is 0 Å². The molecule has 30 heavy (non-hydrogen) atoms. The largest absolute Gasteiger partial charge is 0.311 e. The summed E-state index contributed by atoms with van der Waals surface area (Å²) in [5.74, 6) is -0.0696. The van der Waals surface area contributed by atoms with Crippen molar-refractivity contribution in [3.05, 3.63) is 72.7 Å². The average molecular weight is 402 g/mol. The molecule has 0 aliphatic carbocycles. The SMILES string of the molecule is N#CCCN(C(=O)CCC(=O)Nc1ccn(Cc2ccccn2)n1)c1ccccc1. The minimum atomic E-state index is -0.292. The Balaban J connectivity index is 1.52. The van der Waals surface area contributed by atoms with Crippen LogP contribution in [0, 0.1) is 11.3 Å². The van der Waals surface area contributed by atoms with E-state index in [1.54, 1.807) is 23.1 Å². The van der Waals surface area contributed by atoms with Gasteiger partial charge in [0.2, 0.25) is 11.8 Å². The third kappa shape index (κ3) is 6.01. The van der Waals surface area contributed by atoms with Crippen molar-refractivity contribution in [2.24, 2.45) is 0 Å². The molecule has 8 heteroatoms. The van der Waals surface area contributed by atoms with Crippen LogP contribution in [0.4, 0.5) is 11.5 Å². The summed E-state index contributed by atoms with van der Waals surface area (Å²) < 4.78 is 1.68. The van der Waals surface area contributed by atoms with Gasteiger partial charge < -0.3 is 10.2 Å². The fraction of sp³-hybridized carbons (Fsp3) is 0.227. The summed E-state index contributed by atoms with van der Waals surface area (Å²) in [6.07, 6.45) is 3.77. The van der Waals surface area contributed by atoms with E-state index in [2.05, 4.69) is 21.5 Å². The Labute approximate surface area is 174 Å². The van der Waals surface area contributed by atoms with Gasteiger partial charge in [0.15, 0.2) is 5.82 Å². The van der Waals surface area contributed by atoms with Crippen molar-refractivity contribution in [2.45, 2.75) is 25.8 Å². The van der Waals surface area contributed by atoms with Crippen molar-refractivity contribution < 1.29 is 9.59 Å². The molecule has 0 aliphatic rings. The first-order valence-corrected chi connectivity index (χ1v) is 9.61. The molecule has 0 bridgehead atoms. The molecule has 2 heterocycles. The molecule has 8 nitrogen and oxygen atoms in total. The Hall–Kier alpha value is -3.99. The van der Waals surface area contributed by atoms with Crippen LogP contribution in [-0.2, 0) is 16.1 Å². The summed E-state index contributed by atoms with van der Waals surface area (Å²) in [7, 11) is 0. The van der Waals surface area contributed by atoms with Gasteiger partial charge in [-0.15, -0.1) is 0 Å². The summed E-state index contributed by atoms with van der Waals surface area (Å²) in [5.41, 5.74) is 1.58. The lowest BCUT2D eigenvalue weighted by Gasteiger charge is -2.21. The molecule has 2 amide bonds. The number of carbonyl (C=O) groups is 2. The number of hydrogen-bond donors (Lipinski definition) is 1. The molecule has 0 radical (unpaired) electrons. The molecule has 3 rings (SSSR count). The van der Waals surface area contributed by atoms with Crippen LogP contribution in [0.5, 0.6) is 0 Å². The van der Waals surface area contributed by atoms with Crippen LogP contribution in [0.15, 0.2) is 67.0 Å². The van der Waals surface area contributed by atoms with Gasteiger partial charge in [-0.1, -0.05) is 24.3 Å². The lowest BCUT2D eigenvalue weighted by atomic mass is 10.2. The zero-order chi connectivity index (χ0) is 21.2. The van der Waals surface area contributed by atoms with Crippen LogP contribution in [0.1, 0.15) is 25.0 Å². The molecule has 0 atom stereocenters. The summed E-state index contributed by atoms with van der Waals surface area (Å²) in [4.78, 5) is 30.7. The molecule has 0 spiro atoms. The lowest BCUT2D eigenvalue weighted by molar-refractivity contribution is -0.122. The third-order valence-corrected chi connectivity index (χ3v) is 4.34. The average Bonchev–Trinajstić information content (AvgIpc) is 3.20. The minimum Gasteiger partial charge on any atom is -0.311 e. The molecule has 152 valence electrons. The number of nitrogens with one attached hydrogen (secondary N) is 1. The normalized spacial score (nSPS) is 10.2. The molecular formula is C22H22N6O2. The Bertz CT molecular complexity index is 1010. The Morgan fingerprint density at radius 2 is 1.87 bits per heavy atom.